The highest BCUT2D eigenvalue weighted by Crippen LogP contribution is 2.45. The first-order chi connectivity index (χ1) is 15.0. The lowest BCUT2D eigenvalue weighted by atomic mass is 9.67. The van der Waals surface area contributed by atoms with Crippen molar-refractivity contribution in [2.75, 3.05) is 27.3 Å². The molecule has 1 aromatic carbocycles. The Kier molecular flexibility index (Phi) is 7.73. The summed E-state index contributed by atoms with van der Waals surface area (Å²) < 4.78 is 10.8. The molecule has 1 heterocycles. The van der Waals surface area contributed by atoms with Crippen LogP contribution < -0.4 is 25.5 Å². The van der Waals surface area contributed by atoms with Crippen molar-refractivity contribution in [2.45, 2.75) is 51.0 Å². The van der Waals surface area contributed by atoms with Crippen molar-refractivity contribution in [3.63, 3.8) is 0 Å². The normalized spacial score (nSPS) is 23.8. The van der Waals surface area contributed by atoms with E-state index in [-0.39, 0.29) is 11.8 Å². The van der Waals surface area contributed by atoms with Gasteiger partial charge >= 0.3 is 12.0 Å². The quantitative estimate of drug-likeness (QED) is 0.351. The van der Waals surface area contributed by atoms with E-state index in [4.69, 9.17) is 14.6 Å². The second-order valence-electron chi connectivity index (χ2n) is 8.23. The van der Waals surface area contributed by atoms with Gasteiger partial charge in [0.15, 0.2) is 11.5 Å². The first kappa shape index (κ1) is 22.9. The molecule has 2 atom stereocenters. The van der Waals surface area contributed by atoms with Crippen LogP contribution in [0.3, 0.4) is 0 Å². The third kappa shape index (κ3) is 5.88. The first-order valence-electron chi connectivity index (χ1n) is 10.7. The number of nitrogens with one attached hydrogen (secondary N) is 3. The summed E-state index contributed by atoms with van der Waals surface area (Å²) in [4.78, 5) is 22.4. The van der Waals surface area contributed by atoms with Crippen LogP contribution >= 0.6 is 0 Å². The van der Waals surface area contributed by atoms with E-state index in [1.54, 1.807) is 14.2 Å². The maximum absolute atomic E-state index is 11.9. The minimum atomic E-state index is -0.870. The van der Waals surface area contributed by atoms with E-state index in [2.05, 4.69) is 33.3 Å². The molecule has 1 saturated heterocycles. The molecule has 0 aromatic heterocycles. The number of amides is 2. The molecule has 1 aliphatic carbocycles. The largest absolute Gasteiger partial charge is 0.493 e. The summed E-state index contributed by atoms with van der Waals surface area (Å²) in [6, 6.07) is 6.03. The van der Waals surface area contributed by atoms with Crippen molar-refractivity contribution < 1.29 is 24.2 Å². The van der Waals surface area contributed by atoms with Gasteiger partial charge in [-0.05, 0) is 61.8 Å². The van der Waals surface area contributed by atoms with Gasteiger partial charge in [-0.1, -0.05) is 6.07 Å². The Bertz CT molecular complexity index is 828. The third-order valence-corrected chi connectivity index (χ3v) is 6.28. The smallest absolute Gasteiger partial charge is 0.335 e. The molecule has 1 saturated carbocycles. The highest BCUT2D eigenvalue weighted by atomic mass is 16.5. The number of carbonyl (C=O) groups is 2. The van der Waals surface area contributed by atoms with Crippen LogP contribution in [0.25, 0.3) is 0 Å². The summed E-state index contributed by atoms with van der Waals surface area (Å²) in [7, 11) is 3.29. The molecular weight excluding hydrogens is 400 g/mol. The van der Waals surface area contributed by atoms with Gasteiger partial charge < -0.3 is 25.2 Å². The molecule has 0 unspecified atom stereocenters. The zero-order valence-corrected chi connectivity index (χ0v) is 18.2. The average Bonchev–Trinajstić information content (AvgIpc) is 3.17. The standard InChI is InChI=1S/C22H32N4O5/c1-30-17-6-5-15(12-18(17)31-2)14-22-8-7-16(13-19(22)23-11-9-22)25-26-21(29)24-10-3-4-20(27)28/h5-6,12,19,23H,3-4,7-11,13-14H2,1-2H3,(H,27,28)(H2,24,26,29)/t19-,22+/m0/s1. The Morgan fingerprint density at radius 3 is 2.81 bits per heavy atom. The van der Waals surface area contributed by atoms with Crippen LogP contribution in [0.1, 0.15) is 44.1 Å². The van der Waals surface area contributed by atoms with Crippen LogP contribution in [0.15, 0.2) is 23.3 Å². The number of aliphatic carboxylic acids is 1. The average molecular weight is 433 g/mol. The number of carboxylic acids is 1. The molecule has 3 rings (SSSR count). The van der Waals surface area contributed by atoms with Crippen molar-refractivity contribution in [3.05, 3.63) is 23.8 Å². The molecule has 0 bridgehead atoms. The Morgan fingerprint density at radius 1 is 1.26 bits per heavy atom. The summed E-state index contributed by atoms with van der Waals surface area (Å²) in [5.74, 6) is 0.607. The topological polar surface area (TPSA) is 121 Å². The number of urea groups is 1. The second kappa shape index (κ2) is 10.5. The lowest BCUT2D eigenvalue weighted by Crippen LogP contribution is -2.44. The van der Waals surface area contributed by atoms with Crippen LogP contribution in [0.4, 0.5) is 4.79 Å². The van der Waals surface area contributed by atoms with Crippen LogP contribution in [-0.4, -0.2) is 56.2 Å². The molecule has 1 aliphatic heterocycles. The van der Waals surface area contributed by atoms with Crippen LogP contribution in [0.5, 0.6) is 11.5 Å². The minimum Gasteiger partial charge on any atom is -0.493 e. The van der Waals surface area contributed by atoms with Gasteiger partial charge in [0.1, 0.15) is 0 Å². The zero-order valence-electron chi connectivity index (χ0n) is 18.2. The lowest BCUT2D eigenvalue weighted by Gasteiger charge is -2.40. The van der Waals surface area contributed by atoms with Crippen LogP contribution in [0, 0.1) is 5.41 Å². The molecule has 2 aliphatic rings. The van der Waals surface area contributed by atoms with Gasteiger partial charge in [0.25, 0.3) is 0 Å². The Labute approximate surface area is 182 Å². The number of ether oxygens (including phenoxy) is 2. The molecule has 31 heavy (non-hydrogen) atoms. The van der Waals surface area contributed by atoms with Crippen molar-refractivity contribution >= 4 is 17.7 Å². The van der Waals surface area contributed by atoms with Crippen LogP contribution in [-0.2, 0) is 11.2 Å². The predicted octanol–water partition coefficient (Wildman–Crippen LogP) is 2.30. The van der Waals surface area contributed by atoms with Gasteiger partial charge in [-0.15, -0.1) is 0 Å². The Balaban J connectivity index is 1.56. The number of methoxy groups -OCH3 is 2. The number of rotatable bonds is 9. The van der Waals surface area contributed by atoms with Gasteiger partial charge in [-0.2, -0.15) is 5.10 Å². The van der Waals surface area contributed by atoms with E-state index >= 15 is 0 Å². The molecule has 1 aromatic rings. The second-order valence-corrected chi connectivity index (χ2v) is 8.23. The number of hydrazone groups is 1. The fourth-order valence-corrected chi connectivity index (χ4v) is 4.61. The van der Waals surface area contributed by atoms with Crippen molar-refractivity contribution in [3.8, 4) is 11.5 Å². The molecule has 9 heteroatoms. The number of hydrogen-bond donors (Lipinski definition) is 4. The number of hydrogen-bond acceptors (Lipinski definition) is 6. The summed E-state index contributed by atoms with van der Waals surface area (Å²) in [5, 5.41) is 19.2. The highest BCUT2D eigenvalue weighted by Gasteiger charge is 2.45. The van der Waals surface area contributed by atoms with Gasteiger partial charge in [-0.3, -0.25) is 4.79 Å². The zero-order chi connectivity index (χ0) is 22.3. The van der Waals surface area contributed by atoms with E-state index in [9.17, 15) is 9.59 Å². The number of fused-ring (bicyclic) bond motifs is 1. The maximum atomic E-state index is 11.9. The molecule has 0 spiro atoms. The van der Waals surface area contributed by atoms with Crippen molar-refractivity contribution in [1.29, 1.82) is 0 Å². The van der Waals surface area contributed by atoms with Gasteiger partial charge in [0.2, 0.25) is 0 Å². The fourth-order valence-electron chi connectivity index (χ4n) is 4.61. The first-order valence-corrected chi connectivity index (χ1v) is 10.7. The number of nitrogens with zero attached hydrogens (tertiary/aromatic N) is 1. The summed E-state index contributed by atoms with van der Waals surface area (Å²) in [6.07, 6.45) is 5.12. The van der Waals surface area contributed by atoms with Gasteiger partial charge in [0.05, 0.1) is 14.2 Å². The lowest BCUT2D eigenvalue weighted by molar-refractivity contribution is -0.137. The Hall–Kier alpha value is -2.81. The molecule has 170 valence electrons. The van der Waals surface area contributed by atoms with E-state index in [0.29, 0.717) is 19.0 Å². The van der Waals surface area contributed by atoms with E-state index < -0.39 is 12.0 Å². The summed E-state index contributed by atoms with van der Waals surface area (Å²) >= 11 is 0. The van der Waals surface area contributed by atoms with Crippen molar-refractivity contribution in [1.82, 2.24) is 16.1 Å². The minimum absolute atomic E-state index is 0.0320. The van der Waals surface area contributed by atoms with Gasteiger partial charge in [0, 0.05) is 31.1 Å². The molecule has 9 nitrogen and oxygen atoms in total. The SMILES string of the molecule is COc1ccc(C[C@@]23CCN[C@H]2CC(=NNC(=O)NCCCC(=O)O)CC3)cc1OC. The molecule has 2 fully saturated rings. The van der Waals surface area contributed by atoms with E-state index in [1.165, 1.54) is 5.56 Å². The monoisotopic (exact) mass is 432 g/mol. The maximum Gasteiger partial charge on any atom is 0.335 e. The highest BCUT2D eigenvalue weighted by molar-refractivity contribution is 5.87. The van der Waals surface area contributed by atoms with Crippen molar-refractivity contribution in [2.24, 2.45) is 10.5 Å². The molecule has 2 amide bonds. The number of carboxylic acid groups (broad SMARTS) is 1. The summed E-state index contributed by atoms with van der Waals surface area (Å²) in [6.45, 7) is 1.28. The number of carbonyl (C=O) groups excluding carboxylic acids is 1. The molecule has 4 N–H and O–H groups in total. The van der Waals surface area contributed by atoms with E-state index in [1.807, 2.05) is 6.07 Å². The van der Waals surface area contributed by atoms with E-state index in [0.717, 1.165) is 55.9 Å². The number of benzene rings is 1. The summed E-state index contributed by atoms with van der Waals surface area (Å²) in [5.41, 5.74) is 4.91. The third-order valence-electron chi connectivity index (χ3n) is 6.28. The van der Waals surface area contributed by atoms with Gasteiger partial charge in [-0.25, -0.2) is 10.2 Å². The molecule has 0 radical (unpaired) electrons. The fraction of sp³-hybridized carbons (Fsp3) is 0.591. The molecular formula is C22H32N4O5. The van der Waals surface area contributed by atoms with Crippen LogP contribution in [0.2, 0.25) is 0 Å². The Morgan fingerprint density at radius 2 is 2.06 bits per heavy atom. The predicted molar refractivity (Wildman–Crippen MR) is 117 cm³/mol.